The van der Waals surface area contributed by atoms with E-state index in [-0.39, 0.29) is 17.2 Å². The molecule has 0 amide bonds. The highest BCUT2D eigenvalue weighted by atomic mass is 32.2. The number of piperazine rings is 1. The molecule has 5 rings (SSSR count). The van der Waals surface area contributed by atoms with Gasteiger partial charge in [0.05, 0.1) is 11.9 Å². The Morgan fingerprint density at radius 1 is 1.00 bits per heavy atom. The maximum absolute atomic E-state index is 12.7. The number of likely N-dealkylation sites (tertiary alicyclic amines) is 1. The van der Waals surface area contributed by atoms with Gasteiger partial charge in [-0.25, -0.2) is 8.42 Å². The zero-order chi connectivity index (χ0) is 24.9. The number of nitrogens with zero attached hydrogens (tertiary/aromatic N) is 5. The number of aromatic hydroxyl groups is 1. The first-order valence-electron chi connectivity index (χ1n) is 12.1. The molecule has 2 fully saturated rings. The zero-order valence-corrected chi connectivity index (χ0v) is 21.1. The predicted octanol–water partition coefficient (Wildman–Crippen LogP) is -0.0509. The lowest BCUT2D eigenvalue weighted by atomic mass is 9.83. The molecule has 0 spiro atoms. The molecule has 3 aliphatic rings. The van der Waals surface area contributed by atoms with Gasteiger partial charge in [-0.15, -0.1) is 0 Å². The molecule has 2 atom stereocenters. The van der Waals surface area contributed by atoms with Gasteiger partial charge in [-0.2, -0.15) is 4.31 Å². The number of sulfonamides is 1. The first-order valence-corrected chi connectivity index (χ1v) is 14.0. The Morgan fingerprint density at radius 2 is 1.74 bits per heavy atom. The van der Waals surface area contributed by atoms with E-state index >= 15 is 0 Å². The number of pyridine rings is 2. The third-order valence-electron chi connectivity index (χ3n) is 7.75. The van der Waals surface area contributed by atoms with Gasteiger partial charge in [0.2, 0.25) is 15.5 Å². The Kier molecular flexibility index (Phi) is 6.37. The summed E-state index contributed by atoms with van der Waals surface area (Å²) in [5.74, 6) is 0.433. The molecule has 5 heterocycles. The Balaban J connectivity index is 1.33. The molecule has 11 heteroatoms. The summed E-state index contributed by atoms with van der Waals surface area (Å²) < 4.78 is 28.9. The van der Waals surface area contributed by atoms with Gasteiger partial charge in [-0.3, -0.25) is 19.4 Å². The Morgan fingerprint density at radius 3 is 2.46 bits per heavy atom. The summed E-state index contributed by atoms with van der Waals surface area (Å²) in [5, 5.41) is 10.6. The van der Waals surface area contributed by atoms with Crippen LogP contribution in [0.3, 0.4) is 0 Å². The molecule has 0 unspecified atom stereocenters. The van der Waals surface area contributed by atoms with Gasteiger partial charge in [0.1, 0.15) is 0 Å². The van der Waals surface area contributed by atoms with Crippen molar-refractivity contribution in [2.45, 2.75) is 32.0 Å². The molecule has 35 heavy (non-hydrogen) atoms. The van der Waals surface area contributed by atoms with Crippen molar-refractivity contribution in [3.63, 3.8) is 0 Å². The molecule has 1 N–H and O–H groups in total. The molecule has 10 nitrogen and oxygen atoms in total. The third kappa shape index (κ3) is 4.82. The van der Waals surface area contributed by atoms with Crippen LogP contribution in [0.5, 0.6) is 5.75 Å². The van der Waals surface area contributed by atoms with Crippen molar-refractivity contribution in [3.8, 4) is 5.75 Å². The quantitative estimate of drug-likeness (QED) is 0.610. The van der Waals surface area contributed by atoms with Crippen LogP contribution in [-0.4, -0.2) is 82.3 Å². The van der Waals surface area contributed by atoms with Crippen molar-refractivity contribution in [3.05, 3.63) is 61.9 Å². The maximum atomic E-state index is 12.7. The van der Waals surface area contributed by atoms with Crippen LogP contribution in [0.25, 0.3) is 0 Å². The smallest absolute Gasteiger partial charge is 0.250 e. The minimum Gasteiger partial charge on any atom is -0.503 e. The maximum Gasteiger partial charge on any atom is 0.250 e. The zero-order valence-electron chi connectivity index (χ0n) is 20.3. The summed E-state index contributed by atoms with van der Waals surface area (Å²) in [7, 11) is -1.35. The molecule has 2 saturated heterocycles. The van der Waals surface area contributed by atoms with Crippen LogP contribution >= 0.6 is 0 Å². The second-order valence-electron chi connectivity index (χ2n) is 10.2. The van der Waals surface area contributed by atoms with E-state index in [1.165, 1.54) is 16.6 Å². The topological polar surface area (TPSA) is 108 Å². The van der Waals surface area contributed by atoms with Crippen LogP contribution in [0.15, 0.2) is 33.9 Å². The average Bonchev–Trinajstić information content (AvgIpc) is 2.81. The van der Waals surface area contributed by atoms with E-state index in [9.17, 15) is 23.1 Å². The highest BCUT2D eigenvalue weighted by Gasteiger charge is 2.35. The van der Waals surface area contributed by atoms with Crippen LogP contribution in [0.2, 0.25) is 0 Å². The van der Waals surface area contributed by atoms with E-state index in [4.69, 9.17) is 0 Å². The third-order valence-corrected chi connectivity index (χ3v) is 9.06. The fourth-order valence-electron chi connectivity index (χ4n) is 5.91. The first-order chi connectivity index (χ1) is 16.6. The molecular formula is C24H33N5O5S. The lowest BCUT2D eigenvalue weighted by molar-refractivity contribution is 0.112. The molecule has 0 radical (unpaired) electrons. The van der Waals surface area contributed by atoms with E-state index in [1.54, 1.807) is 6.07 Å². The van der Waals surface area contributed by atoms with Gasteiger partial charge in [0.25, 0.3) is 5.56 Å². The van der Waals surface area contributed by atoms with Crippen LogP contribution in [0, 0.1) is 5.92 Å². The van der Waals surface area contributed by atoms with Crippen LogP contribution < -0.4 is 11.0 Å². The van der Waals surface area contributed by atoms with E-state index in [0.717, 1.165) is 37.4 Å². The van der Waals surface area contributed by atoms with Crippen molar-refractivity contribution in [1.29, 1.82) is 0 Å². The number of rotatable bonds is 5. The van der Waals surface area contributed by atoms with Gasteiger partial charge in [-0.05, 0) is 18.4 Å². The van der Waals surface area contributed by atoms with Gasteiger partial charge in [0, 0.05) is 95.4 Å². The number of aromatic nitrogens is 2. The molecule has 3 aliphatic heterocycles. The van der Waals surface area contributed by atoms with E-state index in [0.29, 0.717) is 50.9 Å². The number of fused-ring (bicyclic) bond motifs is 4. The minimum atomic E-state index is -3.22. The fraction of sp³-hybridized carbons (Fsp3) is 0.583. The molecule has 190 valence electrons. The number of piperidine rings is 1. The molecule has 2 aromatic rings. The molecule has 0 aromatic carbocycles. The Hall–Kier alpha value is -2.47. The summed E-state index contributed by atoms with van der Waals surface area (Å²) in [4.78, 5) is 29.4. The van der Waals surface area contributed by atoms with Crippen molar-refractivity contribution >= 4 is 10.0 Å². The molecule has 0 saturated carbocycles. The molecule has 2 bridgehead atoms. The summed E-state index contributed by atoms with van der Waals surface area (Å²) in [6.45, 7) is 5.24. The Labute approximate surface area is 205 Å². The van der Waals surface area contributed by atoms with Gasteiger partial charge in [-0.1, -0.05) is 6.07 Å². The normalized spacial score (nSPS) is 23.8. The highest BCUT2D eigenvalue weighted by Crippen LogP contribution is 2.35. The summed E-state index contributed by atoms with van der Waals surface area (Å²) in [5.41, 5.74) is 2.15. The second kappa shape index (κ2) is 9.20. The standard InChI is InChI=1S/C24H33N5O5S/c1-25-19(15-27-12-17-10-18(14-27)20-4-3-5-23(31)29(20)13-17)11-22(30)24(32)21(25)16-26-6-8-28(9-7-26)35(2,33)34/h3-5,11,17-18,32H,6-10,12-16H2,1-2H3/t17-,18+/m1/s1. The monoisotopic (exact) mass is 503 g/mol. The van der Waals surface area contributed by atoms with E-state index in [1.807, 2.05) is 28.3 Å². The lowest BCUT2D eigenvalue weighted by Crippen LogP contribution is -2.48. The van der Waals surface area contributed by atoms with Gasteiger partial charge < -0.3 is 14.2 Å². The SMILES string of the molecule is Cn1c(CN2C[C@H]3C[C@@H](C2)c2cccc(=O)n2C3)cc(=O)c(O)c1CN1CCN(S(C)(=O)=O)CC1. The highest BCUT2D eigenvalue weighted by molar-refractivity contribution is 7.88. The van der Waals surface area contributed by atoms with Crippen LogP contribution in [0.4, 0.5) is 0 Å². The van der Waals surface area contributed by atoms with Crippen molar-refractivity contribution in [2.24, 2.45) is 13.0 Å². The van der Waals surface area contributed by atoms with Crippen molar-refractivity contribution in [2.75, 3.05) is 45.5 Å². The predicted molar refractivity (Wildman–Crippen MR) is 132 cm³/mol. The van der Waals surface area contributed by atoms with E-state index in [2.05, 4.69) is 9.80 Å². The summed E-state index contributed by atoms with van der Waals surface area (Å²) in [6, 6.07) is 7.02. The van der Waals surface area contributed by atoms with Gasteiger partial charge >= 0.3 is 0 Å². The lowest BCUT2D eigenvalue weighted by Gasteiger charge is -2.43. The molecule has 0 aliphatic carbocycles. The van der Waals surface area contributed by atoms with Crippen LogP contribution in [0.1, 0.15) is 29.4 Å². The van der Waals surface area contributed by atoms with Crippen molar-refractivity contribution < 1.29 is 13.5 Å². The van der Waals surface area contributed by atoms with Crippen molar-refractivity contribution in [1.82, 2.24) is 23.2 Å². The number of hydrogen-bond acceptors (Lipinski definition) is 7. The van der Waals surface area contributed by atoms with Gasteiger partial charge in [0.15, 0.2) is 5.75 Å². The fourth-order valence-corrected chi connectivity index (χ4v) is 6.74. The largest absolute Gasteiger partial charge is 0.503 e. The first kappa shape index (κ1) is 24.2. The second-order valence-corrected chi connectivity index (χ2v) is 12.2. The average molecular weight is 504 g/mol. The molecular weight excluding hydrogens is 470 g/mol. The minimum absolute atomic E-state index is 0.0635. The summed E-state index contributed by atoms with van der Waals surface area (Å²) >= 11 is 0. The van der Waals surface area contributed by atoms with E-state index < -0.39 is 15.5 Å². The van der Waals surface area contributed by atoms with Crippen LogP contribution in [-0.2, 0) is 36.7 Å². The molecule has 2 aromatic heterocycles. The Bertz CT molecular complexity index is 1340. The summed E-state index contributed by atoms with van der Waals surface area (Å²) in [6.07, 6.45) is 2.28. The number of hydrogen-bond donors (Lipinski definition) is 1.